The standard InChI is InChI=1S/C38H36O9/c1-4-26-23-30(37(41)46-32-19-17-31(18-20-32)44-22-10-8-7-9-11-36(40)43-6-3)15-21-34(26)47-38(42)29-13-12-28-25-33(45-35(39)5-2)16-14-27(28)24-29/h5-6,12-21,23-25H,2-4,7-11,22H2,1H3. The van der Waals surface area contributed by atoms with E-state index in [1.807, 2.05) is 6.92 Å². The van der Waals surface area contributed by atoms with E-state index in [9.17, 15) is 19.2 Å². The molecule has 242 valence electrons. The van der Waals surface area contributed by atoms with Crippen LogP contribution in [0.1, 0.15) is 65.3 Å². The van der Waals surface area contributed by atoms with Crippen LogP contribution in [0.2, 0.25) is 0 Å². The zero-order chi connectivity index (χ0) is 33.6. The molecule has 9 heteroatoms. The van der Waals surface area contributed by atoms with Gasteiger partial charge in [-0.05, 0) is 102 Å². The van der Waals surface area contributed by atoms with Crippen LogP contribution in [0.5, 0.6) is 23.0 Å². The molecule has 0 saturated heterocycles. The minimum absolute atomic E-state index is 0.271. The first-order valence-electron chi connectivity index (χ1n) is 15.3. The van der Waals surface area contributed by atoms with Crippen molar-refractivity contribution in [3.8, 4) is 23.0 Å². The third kappa shape index (κ3) is 10.2. The molecule has 0 saturated carbocycles. The van der Waals surface area contributed by atoms with Gasteiger partial charge in [0.15, 0.2) is 0 Å². The highest BCUT2D eigenvalue weighted by Crippen LogP contribution is 2.26. The molecule has 0 unspecified atom stereocenters. The molecule has 0 N–H and O–H groups in total. The van der Waals surface area contributed by atoms with Crippen LogP contribution < -0.4 is 18.9 Å². The number of ether oxygens (including phenoxy) is 5. The van der Waals surface area contributed by atoms with Gasteiger partial charge in [-0.3, -0.25) is 4.79 Å². The molecule has 4 aromatic carbocycles. The lowest BCUT2D eigenvalue weighted by atomic mass is 10.1. The molecule has 0 amide bonds. The van der Waals surface area contributed by atoms with Gasteiger partial charge in [-0.15, -0.1) is 0 Å². The summed E-state index contributed by atoms with van der Waals surface area (Å²) in [5, 5.41) is 1.55. The summed E-state index contributed by atoms with van der Waals surface area (Å²) in [7, 11) is 0. The van der Waals surface area contributed by atoms with E-state index in [0.29, 0.717) is 59.1 Å². The Morgan fingerprint density at radius 2 is 1.30 bits per heavy atom. The van der Waals surface area contributed by atoms with Gasteiger partial charge < -0.3 is 23.7 Å². The molecule has 47 heavy (non-hydrogen) atoms. The first-order chi connectivity index (χ1) is 22.8. The van der Waals surface area contributed by atoms with Gasteiger partial charge in [-0.2, -0.15) is 0 Å². The van der Waals surface area contributed by atoms with Crippen LogP contribution in [0.25, 0.3) is 10.8 Å². The Labute approximate surface area is 273 Å². The Kier molecular flexibility index (Phi) is 12.4. The van der Waals surface area contributed by atoms with Gasteiger partial charge >= 0.3 is 23.9 Å². The van der Waals surface area contributed by atoms with Gasteiger partial charge in [-0.1, -0.05) is 45.1 Å². The van der Waals surface area contributed by atoms with E-state index in [1.54, 1.807) is 78.9 Å². The fraction of sp³-hybridized carbons (Fsp3) is 0.211. The smallest absolute Gasteiger partial charge is 0.343 e. The Hall–Kier alpha value is -5.70. The third-order valence-corrected chi connectivity index (χ3v) is 7.11. The van der Waals surface area contributed by atoms with Crippen LogP contribution in [-0.2, 0) is 20.7 Å². The molecular formula is C38H36O9. The van der Waals surface area contributed by atoms with Crippen LogP contribution in [-0.4, -0.2) is 30.5 Å². The molecule has 0 heterocycles. The summed E-state index contributed by atoms with van der Waals surface area (Å²) in [5.41, 5.74) is 1.33. The summed E-state index contributed by atoms with van der Waals surface area (Å²) in [6.07, 6.45) is 6.55. The van der Waals surface area contributed by atoms with Crippen molar-refractivity contribution < 1.29 is 42.9 Å². The van der Waals surface area contributed by atoms with Gasteiger partial charge in [0.05, 0.1) is 24.0 Å². The average molecular weight is 637 g/mol. The minimum atomic E-state index is -0.558. The molecule has 9 nitrogen and oxygen atoms in total. The lowest BCUT2D eigenvalue weighted by Crippen LogP contribution is -2.12. The molecule has 0 aliphatic heterocycles. The van der Waals surface area contributed by atoms with E-state index in [0.717, 1.165) is 48.8 Å². The Morgan fingerprint density at radius 3 is 2.04 bits per heavy atom. The first kappa shape index (κ1) is 34.2. The zero-order valence-corrected chi connectivity index (χ0v) is 26.2. The summed E-state index contributed by atoms with van der Waals surface area (Å²) < 4.78 is 26.9. The maximum atomic E-state index is 13.0. The highest BCUT2D eigenvalue weighted by atomic mass is 16.5. The number of hydrogen-bond donors (Lipinski definition) is 0. The van der Waals surface area contributed by atoms with Gasteiger partial charge in [0.25, 0.3) is 0 Å². The van der Waals surface area contributed by atoms with Crippen LogP contribution in [0, 0.1) is 0 Å². The number of hydrogen-bond acceptors (Lipinski definition) is 9. The van der Waals surface area contributed by atoms with Gasteiger partial charge in [-0.25, -0.2) is 14.4 Å². The molecule has 0 aromatic heterocycles. The second kappa shape index (κ2) is 17.1. The quantitative estimate of drug-likeness (QED) is 0.0397. The van der Waals surface area contributed by atoms with Crippen molar-refractivity contribution in [2.45, 2.75) is 45.4 Å². The molecule has 0 spiro atoms. The fourth-order valence-corrected chi connectivity index (χ4v) is 4.65. The van der Waals surface area contributed by atoms with Gasteiger partial charge in [0.2, 0.25) is 0 Å². The number of benzene rings is 4. The lowest BCUT2D eigenvalue weighted by molar-refractivity contribution is -0.138. The normalized spacial score (nSPS) is 10.5. The monoisotopic (exact) mass is 636 g/mol. The number of fused-ring (bicyclic) bond motifs is 1. The number of rotatable bonds is 16. The molecule has 0 bridgehead atoms. The Morgan fingerprint density at radius 1 is 0.660 bits per heavy atom. The second-order valence-electron chi connectivity index (χ2n) is 10.4. The van der Waals surface area contributed by atoms with Crippen molar-refractivity contribution >= 4 is 34.6 Å². The van der Waals surface area contributed by atoms with Crippen molar-refractivity contribution in [1.82, 2.24) is 0 Å². The molecular weight excluding hydrogens is 600 g/mol. The molecule has 0 radical (unpaired) electrons. The Bertz CT molecular complexity index is 1760. The summed E-state index contributed by atoms with van der Waals surface area (Å²) in [6.45, 7) is 9.18. The Balaban J connectivity index is 1.28. The van der Waals surface area contributed by atoms with Crippen LogP contribution >= 0.6 is 0 Å². The van der Waals surface area contributed by atoms with Crippen molar-refractivity contribution in [3.63, 3.8) is 0 Å². The van der Waals surface area contributed by atoms with Crippen LogP contribution in [0.15, 0.2) is 104 Å². The molecule has 0 atom stereocenters. The van der Waals surface area contributed by atoms with Crippen molar-refractivity contribution in [1.29, 1.82) is 0 Å². The van der Waals surface area contributed by atoms with E-state index in [-0.39, 0.29) is 5.97 Å². The topological polar surface area (TPSA) is 114 Å². The highest BCUT2D eigenvalue weighted by Gasteiger charge is 2.16. The number of unbranched alkanes of at least 4 members (excludes halogenated alkanes) is 3. The molecule has 4 rings (SSSR count). The van der Waals surface area contributed by atoms with E-state index in [2.05, 4.69) is 13.2 Å². The predicted molar refractivity (Wildman–Crippen MR) is 177 cm³/mol. The van der Waals surface area contributed by atoms with Gasteiger partial charge in [0, 0.05) is 12.5 Å². The first-order valence-corrected chi connectivity index (χ1v) is 15.3. The number of esters is 4. The molecule has 0 aliphatic carbocycles. The van der Waals surface area contributed by atoms with Gasteiger partial charge in [0.1, 0.15) is 23.0 Å². The largest absolute Gasteiger partial charge is 0.494 e. The average Bonchev–Trinajstić information content (AvgIpc) is 3.08. The molecule has 0 fully saturated rings. The minimum Gasteiger partial charge on any atom is -0.494 e. The lowest BCUT2D eigenvalue weighted by Gasteiger charge is -2.12. The van der Waals surface area contributed by atoms with E-state index in [4.69, 9.17) is 23.7 Å². The number of carbonyl (C=O) groups excluding carboxylic acids is 4. The fourth-order valence-electron chi connectivity index (χ4n) is 4.65. The van der Waals surface area contributed by atoms with Crippen molar-refractivity contribution in [2.24, 2.45) is 0 Å². The summed E-state index contributed by atoms with van der Waals surface area (Å²) in [5.74, 6) is -0.185. The molecule has 0 aliphatic rings. The maximum Gasteiger partial charge on any atom is 0.343 e. The highest BCUT2D eigenvalue weighted by molar-refractivity contribution is 5.97. The maximum absolute atomic E-state index is 13.0. The van der Waals surface area contributed by atoms with Crippen LogP contribution in [0.3, 0.4) is 0 Å². The van der Waals surface area contributed by atoms with E-state index >= 15 is 0 Å². The predicted octanol–water partition coefficient (Wildman–Crippen LogP) is 7.95. The SMILES string of the molecule is C=COC(=O)CCCCCCOc1ccc(OC(=O)c2ccc(OC(=O)c3ccc4cc(OC(=O)C=C)ccc4c3)c(CC)c2)cc1. The van der Waals surface area contributed by atoms with Crippen LogP contribution in [0.4, 0.5) is 0 Å². The second-order valence-corrected chi connectivity index (χ2v) is 10.4. The third-order valence-electron chi connectivity index (χ3n) is 7.11. The molecule has 4 aromatic rings. The zero-order valence-electron chi connectivity index (χ0n) is 26.2. The number of aryl methyl sites for hydroxylation is 1. The summed E-state index contributed by atoms with van der Waals surface area (Å²) in [4.78, 5) is 48.7. The van der Waals surface area contributed by atoms with E-state index < -0.39 is 17.9 Å². The van der Waals surface area contributed by atoms with Crippen molar-refractivity contribution in [3.05, 3.63) is 121 Å². The number of carbonyl (C=O) groups is 4. The summed E-state index contributed by atoms with van der Waals surface area (Å²) in [6, 6.07) is 21.7. The van der Waals surface area contributed by atoms with E-state index in [1.165, 1.54) is 0 Å². The van der Waals surface area contributed by atoms with Crippen molar-refractivity contribution in [2.75, 3.05) is 6.61 Å². The summed E-state index contributed by atoms with van der Waals surface area (Å²) >= 11 is 0.